The largest absolute Gasteiger partial charge is 0.387 e. The maximum absolute atomic E-state index is 7.15. The monoisotopic (exact) mass is 126 g/mol. The lowest BCUT2D eigenvalue weighted by Gasteiger charge is -2.30. The maximum atomic E-state index is 7.15. The molecule has 0 aromatic carbocycles. The lowest BCUT2D eigenvalue weighted by molar-refractivity contribution is 0.266. The summed E-state index contributed by atoms with van der Waals surface area (Å²) in [6.07, 6.45) is 3.89. The third-order valence-electron chi connectivity index (χ3n) is 2.35. The second-order valence-electron chi connectivity index (χ2n) is 2.94. The van der Waals surface area contributed by atoms with Gasteiger partial charge in [0.15, 0.2) is 0 Å². The van der Waals surface area contributed by atoms with Gasteiger partial charge in [-0.1, -0.05) is 13.3 Å². The standard InChI is InChI=1S/C7H14N2/c1-5(7(8)9)6-3-2-4-6/h5-6H,2-4H2,1H3,(H3,8,9). The van der Waals surface area contributed by atoms with E-state index in [9.17, 15) is 0 Å². The molecule has 0 spiro atoms. The van der Waals surface area contributed by atoms with Gasteiger partial charge < -0.3 is 5.73 Å². The Morgan fingerprint density at radius 1 is 1.67 bits per heavy atom. The highest BCUT2D eigenvalue weighted by Crippen LogP contribution is 2.32. The van der Waals surface area contributed by atoms with E-state index in [2.05, 4.69) is 0 Å². The Bertz CT molecular complexity index is 116. The molecule has 1 saturated carbocycles. The number of hydrogen-bond acceptors (Lipinski definition) is 1. The van der Waals surface area contributed by atoms with E-state index in [1.807, 2.05) is 6.92 Å². The van der Waals surface area contributed by atoms with E-state index in [0.717, 1.165) is 5.92 Å². The van der Waals surface area contributed by atoms with E-state index in [0.29, 0.717) is 11.8 Å². The van der Waals surface area contributed by atoms with Crippen LogP contribution in [-0.2, 0) is 0 Å². The van der Waals surface area contributed by atoms with Gasteiger partial charge in [0.2, 0.25) is 0 Å². The Labute approximate surface area is 55.9 Å². The normalized spacial score (nSPS) is 22.8. The van der Waals surface area contributed by atoms with Gasteiger partial charge in [-0.25, -0.2) is 0 Å². The second kappa shape index (κ2) is 2.38. The lowest BCUT2D eigenvalue weighted by atomic mass is 9.76. The second-order valence-corrected chi connectivity index (χ2v) is 2.94. The average molecular weight is 126 g/mol. The molecule has 2 nitrogen and oxygen atoms in total. The fourth-order valence-electron chi connectivity index (χ4n) is 1.19. The summed E-state index contributed by atoms with van der Waals surface area (Å²) in [6, 6.07) is 0. The Balaban J connectivity index is 2.32. The van der Waals surface area contributed by atoms with Crippen LogP contribution in [0.25, 0.3) is 0 Å². The molecule has 1 aliphatic carbocycles. The molecule has 0 saturated heterocycles. The van der Waals surface area contributed by atoms with Crippen molar-refractivity contribution in [2.45, 2.75) is 26.2 Å². The average Bonchev–Trinajstić information content (AvgIpc) is 1.60. The molecule has 2 heteroatoms. The van der Waals surface area contributed by atoms with E-state index in [4.69, 9.17) is 11.1 Å². The number of hydrogen-bond donors (Lipinski definition) is 2. The molecule has 0 aromatic heterocycles. The van der Waals surface area contributed by atoms with Crippen molar-refractivity contribution in [3.63, 3.8) is 0 Å². The van der Waals surface area contributed by atoms with Crippen molar-refractivity contribution >= 4 is 5.84 Å². The fourth-order valence-corrected chi connectivity index (χ4v) is 1.19. The first kappa shape index (κ1) is 6.59. The summed E-state index contributed by atoms with van der Waals surface area (Å²) < 4.78 is 0. The number of rotatable bonds is 2. The predicted octanol–water partition coefficient (Wildman–Crippen LogP) is 1.36. The van der Waals surface area contributed by atoms with Gasteiger partial charge in [0.1, 0.15) is 0 Å². The zero-order valence-electron chi connectivity index (χ0n) is 5.85. The highest BCUT2D eigenvalue weighted by Gasteiger charge is 2.25. The van der Waals surface area contributed by atoms with Gasteiger partial charge in [-0.05, 0) is 18.8 Å². The van der Waals surface area contributed by atoms with Crippen LogP contribution in [0.2, 0.25) is 0 Å². The van der Waals surface area contributed by atoms with E-state index >= 15 is 0 Å². The molecule has 3 N–H and O–H groups in total. The Morgan fingerprint density at radius 3 is 2.33 bits per heavy atom. The molecule has 0 radical (unpaired) electrons. The van der Waals surface area contributed by atoms with Crippen molar-refractivity contribution in [3.8, 4) is 0 Å². The summed E-state index contributed by atoms with van der Waals surface area (Å²) in [6.45, 7) is 2.05. The molecule has 1 fully saturated rings. The third-order valence-corrected chi connectivity index (χ3v) is 2.35. The van der Waals surface area contributed by atoms with Crippen molar-refractivity contribution in [1.29, 1.82) is 5.41 Å². The van der Waals surface area contributed by atoms with Crippen LogP contribution >= 0.6 is 0 Å². The third kappa shape index (κ3) is 1.23. The van der Waals surface area contributed by atoms with Crippen molar-refractivity contribution in [2.75, 3.05) is 0 Å². The van der Waals surface area contributed by atoms with Crippen LogP contribution in [0.3, 0.4) is 0 Å². The molecule has 0 aliphatic heterocycles. The molecule has 1 unspecified atom stereocenters. The quantitative estimate of drug-likeness (QED) is 0.426. The predicted molar refractivity (Wildman–Crippen MR) is 38.4 cm³/mol. The summed E-state index contributed by atoms with van der Waals surface area (Å²) >= 11 is 0. The summed E-state index contributed by atoms with van der Waals surface area (Å²) in [7, 11) is 0. The van der Waals surface area contributed by atoms with Gasteiger partial charge in [0, 0.05) is 5.92 Å². The molecule has 9 heavy (non-hydrogen) atoms. The Morgan fingerprint density at radius 2 is 2.22 bits per heavy atom. The molecule has 0 aromatic rings. The lowest BCUT2D eigenvalue weighted by Crippen LogP contribution is -2.30. The van der Waals surface area contributed by atoms with Crippen LogP contribution in [-0.4, -0.2) is 5.84 Å². The smallest absolute Gasteiger partial charge is 0.0936 e. The van der Waals surface area contributed by atoms with E-state index < -0.39 is 0 Å². The van der Waals surface area contributed by atoms with Gasteiger partial charge >= 0.3 is 0 Å². The van der Waals surface area contributed by atoms with Crippen LogP contribution in [0.4, 0.5) is 0 Å². The number of nitrogens with two attached hydrogens (primary N) is 1. The molecule has 0 bridgehead atoms. The molecule has 1 aliphatic rings. The summed E-state index contributed by atoms with van der Waals surface area (Å²) in [4.78, 5) is 0. The molecular formula is C7H14N2. The fraction of sp³-hybridized carbons (Fsp3) is 0.857. The van der Waals surface area contributed by atoms with Crippen LogP contribution < -0.4 is 5.73 Å². The van der Waals surface area contributed by atoms with Crippen molar-refractivity contribution in [2.24, 2.45) is 17.6 Å². The molecule has 52 valence electrons. The van der Waals surface area contributed by atoms with Crippen molar-refractivity contribution in [1.82, 2.24) is 0 Å². The highest BCUT2D eigenvalue weighted by molar-refractivity contribution is 5.79. The highest BCUT2D eigenvalue weighted by atomic mass is 14.7. The molecule has 1 atom stereocenters. The summed E-state index contributed by atoms with van der Waals surface area (Å²) in [5.74, 6) is 1.42. The van der Waals surface area contributed by atoms with Gasteiger partial charge in [-0.15, -0.1) is 0 Å². The first-order valence-corrected chi connectivity index (χ1v) is 3.55. The van der Waals surface area contributed by atoms with E-state index in [1.54, 1.807) is 0 Å². The molecule has 0 heterocycles. The Kier molecular flexibility index (Phi) is 1.74. The summed E-state index contributed by atoms with van der Waals surface area (Å²) in [5, 5.41) is 7.15. The Hall–Kier alpha value is -0.530. The number of nitrogens with one attached hydrogen (secondary N) is 1. The van der Waals surface area contributed by atoms with E-state index in [1.165, 1.54) is 19.3 Å². The first-order chi connectivity index (χ1) is 4.22. The topological polar surface area (TPSA) is 49.9 Å². The SMILES string of the molecule is CC(C(=N)N)C1CCC1. The zero-order valence-corrected chi connectivity index (χ0v) is 5.85. The van der Waals surface area contributed by atoms with Crippen LogP contribution in [0.5, 0.6) is 0 Å². The van der Waals surface area contributed by atoms with Crippen LogP contribution in [0.15, 0.2) is 0 Å². The van der Waals surface area contributed by atoms with Gasteiger partial charge in [-0.3, -0.25) is 5.41 Å². The maximum Gasteiger partial charge on any atom is 0.0936 e. The number of amidine groups is 1. The van der Waals surface area contributed by atoms with Gasteiger partial charge in [0.05, 0.1) is 5.84 Å². The van der Waals surface area contributed by atoms with Crippen LogP contribution in [0, 0.1) is 17.2 Å². The van der Waals surface area contributed by atoms with Gasteiger partial charge in [-0.2, -0.15) is 0 Å². The minimum atomic E-state index is 0.332. The van der Waals surface area contributed by atoms with Gasteiger partial charge in [0.25, 0.3) is 0 Å². The molecule has 1 rings (SSSR count). The molecular weight excluding hydrogens is 112 g/mol. The minimum absolute atomic E-state index is 0.332. The first-order valence-electron chi connectivity index (χ1n) is 3.55. The summed E-state index contributed by atoms with van der Waals surface area (Å²) in [5.41, 5.74) is 5.33. The minimum Gasteiger partial charge on any atom is -0.387 e. The van der Waals surface area contributed by atoms with Crippen LogP contribution in [0.1, 0.15) is 26.2 Å². The van der Waals surface area contributed by atoms with E-state index in [-0.39, 0.29) is 0 Å². The molecule has 0 amide bonds. The zero-order chi connectivity index (χ0) is 6.85. The van der Waals surface area contributed by atoms with Crippen molar-refractivity contribution < 1.29 is 0 Å². The van der Waals surface area contributed by atoms with Crippen molar-refractivity contribution in [3.05, 3.63) is 0 Å².